The van der Waals surface area contributed by atoms with Crippen LogP contribution in [0.2, 0.25) is 0 Å². The third-order valence-electron chi connectivity index (χ3n) is 2.89. The summed E-state index contributed by atoms with van der Waals surface area (Å²) in [5.74, 6) is 0.838. The predicted molar refractivity (Wildman–Crippen MR) is 71.9 cm³/mol. The Kier molecular flexibility index (Phi) is 4.28. The fraction of sp³-hybridized carbons (Fsp3) is 0.357. The number of carbonyl (C=O) groups excluding carboxylic acids is 1. The maximum Gasteiger partial charge on any atom is 0.172 e. The lowest BCUT2D eigenvalue weighted by Gasteiger charge is -2.07. The molecular formula is C14H17N3O2. The third kappa shape index (κ3) is 2.99. The second-order valence-electron chi connectivity index (χ2n) is 4.29. The SMILES string of the molecule is CCCCOc1ccc(-n2nnc(C=O)c2C)cc1. The molecule has 2 aromatic rings. The molecule has 0 saturated carbocycles. The van der Waals surface area contributed by atoms with Gasteiger partial charge in [-0.15, -0.1) is 5.10 Å². The fourth-order valence-corrected chi connectivity index (χ4v) is 1.71. The molecule has 0 radical (unpaired) electrons. The second kappa shape index (κ2) is 6.13. The van der Waals surface area contributed by atoms with Crippen molar-refractivity contribution >= 4 is 6.29 Å². The lowest BCUT2D eigenvalue weighted by Crippen LogP contribution is -2.00. The Morgan fingerprint density at radius 3 is 2.63 bits per heavy atom. The summed E-state index contributed by atoms with van der Waals surface area (Å²) in [6.07, 6.45) is 2.87. The Bertz CT molecular complexity index is 546. The molecule has 5 heteroatoms. The molecule has 100 valence electrons. The number of hydrogen-bond acceptors (Lipinski definition) is 4. The fourth-order valence-electron chi connectivity index (χ4n) is 1.71. The molecule has 1 heterocycles. The highest BCUT2D eigenvalue weighted by atomic mass is 16.5. The van der Waals surface area contributed by atoms with Crippen molar-refractivity contribution < 1.29 is 9.53 Å². The monoisotopic (exact) mass is 259 g/mol. The van der Waals surface area contributed by atoms with Crippen LogP contribution in [0, 0.1) is 6.92 Å². The van der Waals surface area contributed by atoms with Crippen molar-refractivity contribution in [3.05, 3.63) is 35.7 Å². The number of hydrogen-bond donors (Lipinski definition) is 0. The number of aromatic nitrogens is 3. The van der Waals surface area contributed by atoms with Gasteiger partial charge in [0.15, 0.2) is 6.29 Å². The van der Waals surface area contributed by atoms with Crippen molar-refractivity contribution in [1.29, 1.82) is 0 Å². The van der Waals surface area contributed by atoms with Crippen LogP contribution in [-0.2, 0) is 0 Å². The van der Waals surface area contributed by atoms with Crippen LogP contribution in [0.25, 0.3) is 5.69 Å². The van der Waals surface area contributed by atoms with Crippen molar-refractivity contribution in [2.45, 2.75) is 26.7 Å². The normalized spacial score (nSPS) is 10.4. The van der Waals surface area contributed by atoms with E-state index < -0.39 is 0 Å². The number of rotatable bonds is 6. The van der Waals surface area contributed by atoms with E-state index in [1.165, 1.54) is 0 Å². The molecule has 0 amide bonds. The minimum absolute atomic E-state index is 0.364. The second-order valence-corrected chi connectivity index (χ2v) is 4.29. The van der Waals surface area contributed by atoms with E-state index in [9.17, 15) is 4.79 Å². The van der Waals surface area contributed by atoms with Crippen LogP contribution in [0.1, 0.15) is 35.9 Å². The maximum absolute atomic E-state index is 10.7. The quantitative estimate of drug-likeness (QED) is 0.591. The summed E-state index contributed by atoms with van der Waals surface area (Å²) >= 11 is 0. The molecular weight excluding hydrogens is 242 g/mol. The van der Waals surface area contributed by atoms with Gasteiger partial charge in [-0.1, -0.05) is 18.6 Å². The van der Waals surface area contributed by atoms with Crippen LogP contribution in [0.5, 0.6) is 5.75 Å². The molecule has 0 fully saturated rings. The van der Waals surface area contributed by atoms with Crippen molar-refractivity contribution in [3.8, 4) is 11.4 Å². The summed E-state index contributed by atoms with van der Waals surface area (Å²) in [5.41, 5.74) is 1.96. The summed E-state index contributed by atoms with van der Waals surface area (Å²) in [5, 5.41) is 7.76. The van der Waals surface area contributed by atoms with Gasteiger partial charge in [-0.2, -0.15) is 0 Å². The van der Waals surface area contributed by atoms with Gasteiger partial charge in [0, 0.05) is 0 Å². The molecule has 0 bridgehead atoms. The maximum atomic E-state index is 10.7. The molecule has 0 atom stereocenters. The van der Waals surface area contributed by atoms with Crippen molar-refractivity contribution in [2.75, 3.05) is 6.61 Å². The van der Waals surface area contributed by atoms with Crippen molar-refractivity contribution in [1.82, 2.24) is 15.0 Å². The number of benzene rings is 1. The van der Waals surface area contributed by atoms with E-state index in [1.54, 1.807) is 4.68 Å². The minimum Gasteiger partial charge on any atom is -0.494 e. The lowest BCUT2D eigenvalue weighted by molar-refractivity contribution is 0.111. The number of nitrogens with zero attached hydrogens (tertiary/aromatic N) is 3. The molecule has 0 N–H and O–H groups in total. The van der Waals surface area contributed by atoms with E-state index in [1.807, 2.05) is 31.2 Å². The first-order valence-electron chi connectivity index (χ1n) is 6.37. The van der Waals surface area contributed by atoms with Crippen molar-refractivity contribution in [3.63, 3.8) is 0 Å². The van der Waals surface area contributed by atoms with Crippen LogP contribution in [0.3, 0.4) is 0 Å². The van der Waals surface area contributed by atoms with E-state index in [0.717, 1.165) is 36.6 Å². The molecule has 19 heavy (non-hydrogen) atoms. The molecule has 0 aliphatic carbocycles. The standard InChI is InChI=1S/C14H17N3O2/c1-3-4-9-19-13-7-5-12(6-8-13)17-11(2)14(10-18)15-16-17/h5-8,10H,3-4,9H2,1-2H3. The zero-order valence-corrected chi connectivity index (χ0v) is 11.2. The average Bonchev–Trinajstić information content (AvgIpc) is 2.81. The number of carbonyl (C=O) groups is 1. The summed E-state index contributed by atoms with van der Waals surface area (Å²) in [4.78, 5) is 10.7. The van der Waals surface area contributed by atoms with Crippen LogP contribution in [-0.4, -0.2) is 27.9 Å². The highest BCUT2D eigenvalue weighted by Crippen LogP contribution is 2.16. The van der Waals surface area contributed by atoms with E-state index in [-0.39, 0.29) is 0 Å². The molecule has 5 nitrogen and oxygen atoms in total. The molecule has 0 aliphatic heterocycles. The number of ether oxygens (including phenoxy) is 1. The van der Waals surface area contributed by atoms with Gasteiger partial charge in [-0.3, -0.25) is 4.79 Å². The van der Waals surface area contributed by atoms with E-state index in [2.05, 4.69) is 17.2 Å². The van der Waals surface area contributed by atoms with E-state index in [0.29, 0.717) is 12.0 Å². The van der Waals surface area contributed by atoms with Gasteiger partial charge in [0.25, 0.3) is 0 Å². The van der Waals surface area contributed by atoms with Crippen LogP contribution >= 0.6 is 0 Å². The Labute approximate surface area is 112 Å². The van der Waals surface area contributed by atoms with Crippen LogP contribution in [0.15, 0.2) is 24.3 Å². The number of unbranched alkanes of at least 4 members (excludes halogenated alkanes) is 1. The summed E-state index contributed by atoms with van der Waals surface area (Å²) in [6, 6.07) is 7.59. The van der Waals surface area contributed by atoms with E-state index >= 15 is 0 Å². The largest absolute Gasteiger partial charge is 0.494 e. The first-order valence-corrected chi connectivity index (χ1v) is 6.37. The molecule has 1 aromatic carbocycles. The molecule has 0 aliphatic rings. The third-order valence-corrected chi connectivity index (χ3v) is 2.89. The zero-order valence-electron chi connectivity index (χ0n) is 11.2. The molecule has 0 unspecified atom stereocenters. The Balaban J connectivity index is 2.13. The van der Waals surface area contributed by atoms with Crippen molar-refractivity contribution in [2.24, 2.45) is 0 Å². The lowest BCUT2D eigenvalue weighted by atomic mass is 10.3. The van der Waals surface area contributed by atoms with Crippen LogP contribution in [0.4, 0.5) is 0 Å². The zero-order chi connectivity index (χ0) is 13.7. The molecule has 0 saturated heterocycles. The summed E-state index contributed by atoms with van der Waals surface area (Å²) in [6.45, 7) is 4.67. The Hall–Kier alpha value is -2.17. The van der Waals surface area contributed by atoms with Gasteiger partial charge in [0.2, 0.25) is 0 Å². The Morgan fingerprint density at radius 1 is 1.32 bits per heavy atom. The first-order chi connectivity index (χ1) is 9.26. The first kappa shape index (κ1) is 13.3. The summed E-state index contributed by atoms with van der Waals surface area (Å²) < 4.78 is 7.23. The average molecular weight is 259 g/mol. The van der Waals surface area contributed by atoms with E-state index in [4.69, 9.17) is 4.74 Å². The topological polar surface area (TPSA) is 57.0 Å². The highest BCUT2D eigenvalue weighted by molar-refractivity contribution is 5.73. The van der Waals surface area contributed by atoms with Gasteiger partial charge in [-0.05, 0) is 37.6 Å². The Morgan fingerprint density at radius 2 is 2.05 bits per heavy atom. The van der Waals surface area contributed by atoms with Gasteiger partial charge in [0.1, 0.15) is 11.4 Å². The number of aldehydes is 1. The van der Waals surface area contributed by atoms with Gasteiger partial charge < -0.3 is 4.74 Å². The molecule has 2 rings (SSSR count). The van der Waals surface area contributed by atoms with Crippen LogP contribution < -0.4 is 4.74 Å². The molecule has 1 aromatic heterocycles. The van der Waals surface area contributed by atoms with Gasteiger partial charge in [-0.25, -0.2) is 4.68 Å². The highest BCUT2D eigenvalue weighted by Gasteiger charge is 2.08. The minimum atomic E-state index is 0.364. The smallest absolute Gasteiger partial charge is 0.172 e. The van der Waals surface area contributed by atoms with Gasteiger partial charge in [0.05, 0.1) is 18.0 Å². The summed E-state index contributed by atoms with van der Waals surface area (Å²) in [7, 11) is 0. The predicted octanol–water partition coefficient (Wildman–Crippen LogP) is 2.57. The van der Waals surface area contributed by atoms with Gasteiger partial charge >= 0.3 is 0 Å². The molecule has 0 spiro atoms.